The number of carbonyl (C=O) groups excluding carboxylic acids is 3. The van der Waals surface area contributed by atoms with Gasteiger partial charge < -0.3 is 15.1 Å². The van der Waals surface area contributed by atoms with Gasteiger partial charge in [0.2, 0.25) is 11.8 Å². The fourth-order valence-electron chi connectivity index (χ4n) is 4.60. The monoisotopic (exact) mass is 437 g/mol. The molecule has 0 bridgehead atoms. The third kappa shape index (κ3) is 5.00. The summed E-state index contributed by atoms with van der Waals surface area (Å²) in [6.07, 6.45) is 6.07. The number of benzene rings is 1. The van der Waals surface area contributed by atoms with E-state index >= 15 is 0 Å². The molecule has 3 heterocycles. The molecule has 1 N–H and O–H groups in total. The summed E-state index contributed by atoms with van der Waals surface area (Å²) in [4.78, 5) is 40.8. The van der Waals surface area contributed by atoms with Crippen molar-refractivity contribution in [3.05, 3.63) is 47.7 Å². The minimum atomic E-state index is -0.144. The Kier molecular flexibility index (Phi) is 6.87. The summed E-state index contributed by atoms with van der Waals surface area (Å²) >= 11 is 0. The van der Waals surface area contributed by atoms with Gasteiger partial charge in [0.1, 0.15) is 5.82 Å². The topological polar surface area (TPSA) is 87.5 Å². The SMILES string of the molecule is Cc1ccccc1C(=O)Nc1ccnn1C1CCN(C(=O)CCCN2CCCC2=O)CC1. The van der Waals surface area contributed by atoms with Crippen molar-refractivity contribution in [1.29, 1.82) is 0 Å². The van der Waals surface area contributed by atoms with Crippen molar-refractivity contribution in [2.75, 3.05) is 31.5 Å². The van der Waals surface area contributed by atoms with Gasteiger partial charge in [0.05, 0.1) is 12.2 Å². The van der Waals surface area contributed by atoms with E-state index in [9.17, 15) is 14.4 Å². The summed E-state index contributed by atoms with van der Waals surface area (Å²) in [5.41, 5.74) is 1.58. The Morgan fingerprint density at radius 3 is 2.62 bits per heavy atom. The van der Waals surface area contributed by atoms with Crippen molar-refractivity contribution in [3.8, 4) is 0 Å². The van der Waals surface area contributed by atoms with Crippen molar-refractivity contribution in [2.45, 2.75) is 51.5 Å². The molecule has 3 amide bonds. The number of nitrogens with zero attached hydrogens (tertiary/aromatic N) is 4. The quantitative estimate of drug-likeness (QED) is 0.721. The van der Waals surface area contributed by atoms with Crippen LogP contribution in [0.1, 0.15) is 60.5 Å². The van der Waals surface area contributed by atoms with E-state index in [4.69, 9.17) is 0 Å². The molecule has 2 saturated heterocycles. The van der Waals surface area contributed by atoms with E-state index in [0.29, 0.717) is 43.9 Å². The summed E-state index contributed by atoms with van der Waals surface area (Å²) in [5.74, 6) is 0.902. The molecule has 1 aromatic heterocycles. The Morgan fingerprint density at radius 2 is 1.91 bits per heavy atom. The lowest BCUT2D eigenvalue weighted by Crippen LogP contribution is -2.39. The van der Waals surface area contributed by atoms with Gasteiger partial charge in [-0.25, -0.2) is 4.68 Å². The fourth-order valence-corrected chi connectivity index (χ4v) is 4.60. The van der Waals surface area contributed by atoms with E-state index < -0.39 is 0 Å². The number of aryl methyl sites for hydroxylation is 1. The molecule has 2 aromatic rings. The molecule has 2 aliphatic rings. The van der Waals surface area contributed by atoms with Gasteiger partial charge in [-0.15, -0.1) is 0 Å². The predicted octanol–water partition coefficient (Wildman–Crippen LogP) is 3.01. The molecule has 2 aliphatic heterocycles. The smallest absolute Gasteiger partial charge is 0.257 e. The average molecular weight is 438 g/mol. The van der Waals surface area contributed by atoms with Crippen molar-refractivity contribution in [1.82, 2.24) is 19.6 Å². The van der Waals surface area contributed by atoms with E-state index in [1.165, 1.54) is 0 Å². The van der Waals surface area contributed by atoms with E-state index in [1.54, 1.807) is 6.20 Å². The first kappa shape index (κ1) is 22.0. The Bertz CT molecular complexity index is 978. The minimum absolute atomic E-state index is 0.142. The van der Waals surface area contributed by atoms with E-state index in [1.807, 2.05) is 51.7 Å². The molecule has 0 atom stereocenters. The molecule has 8 nitrogen and oxygen atoms in total. The van der Waals surface area contributed by atoms with Gasteiger partial charge in [0, 0.05) is 50.7 Å². The number of likely N-dealkylation sites (tertiary alicyclic amines) is 2. The number of aromatic nitrogens is 2. The molecule has 0 saturated carbocycles. The van der Waals surface area contributed by atoms with Crippen molar-refractivity contribution < 1.29 is 14.4 Å². The maximum atomic E-state index is 12.7. The number of piperidine rings is 1. The molecule has 32 heavy (non-hydrogen) atoms. The Balaban J connectivity index is 1.27. The van der Waals surface area contributed by atoms with E-state index in [0.717, 1.165) is 37.8 Å². The van der Waals surface area contributed by atoms with Crippen LogP contribution >= 0.6 is 0 Å². The van der Waals surface area contributed by atoms with E-state index in [2.05, 4.69) is 10.4 Å². The summed E-state index contributed by atoms with van der Waals surface area (Å²) < 4.78 is 1.87. The maximum absolute atomic E-state index is 12.7. The molecule has 8 heteroatoms. The first-order valence-electron chi connectivity index (χ1n) is 11.5. The Hall–Kier alpha value is -3.16. The Morgan fingerprint density at radius 1 is 1.12 bits per heavy atom. The van der Waals surface area contributed by atoms with Gasteiger partial charge in [-0.1, -0.05) is 18.2 Å². The normalized spacial score (nSPS) is 17.1. The number of hydrogen-bond donors (Lipinski definition) is 1. The van der Waals surface area contributed by atoms with Gasteiger partial charge in [-0.05, 0) is 44.2 Å². The van der Waals surface area contributed by atoms with Crippen molar-refractivity contribution in [2.24, 2.45) is 0 Å². The average Bonchev–Trinajstić information content (AvgIpc) is 3.43. The highest BCUT2D eigenvalue weighted by molar-refractivity contribution is 6.04. The van der Waals surface area contributed by atoms with Crippen LogP contribution in [0.2, 0.25) is 0 Å². The van der Waals surface area contributed by atoms with Crippen LogP contribution in [0.5, 0.6) is 0 Å². The van der Waals surface area contributed by atoms with Crippen LogP contribution in [0, 0.1) is 6.92 Å². The van der Waals surface area contributed by atoms with E-state index in [-0.39, 0.29) is 23.8 Å². The number of amides is 3. The molecule has 4 rings (SSSR count). The zero-order valence-electron chi connectivity index (χ0n) is 18.6. The second-order valence-corrected chi connectivity index (χ2v) is 8.63. The highest BCUT2D eigenvalue weighted by Gasteiger charge is 2.26. The first-order chi connectivity index (χ1) is 15.5. The second-order valence-electron chi connectivity index (χ2n) is 8.63. The fraction of sp³-hybridized carbons (Fsp3) is 0.500. The van der Waals surface area contributed by atoms with Gasteiger partial charge in [-0.2, -0.15) is 5.10 Å². The maximum Gasteiger partial charge on any atom is 0.257 e. The van der Waals surface area contributed by atoms with Crippen LogP contribution in [-0.2, 0) is 9.59 Å². The van der Waals surface area contributed by atoms with Crippen LogP contribution in [-0.4, -0.2) is 63.5 Å². The number of anilines is 1. The summed E-state index contributed by atoms with van der Waals surface area (Å²) in [7, 11) is 0. The van der Waals surface area contributed by atoms with Crippen LogP contribution in [0.25, 0.3) is 0 Å². The molecule has 0 unspecified atom stereocenters. The summed E-state index contributed by atoms with van der Waals surface area (Å²) in [5, 5.41) is 7.43. The predicted molar refractivity (Wildman–Crippen MR) is 121 cm³/mol. The number of carbonyl (C=O) groups is 3. The summed E-state index contributed by atoms with van der Waals surface area (Å²) in [6.45, 7) is 4.78. The second kappa shape index (κ2) is 9.97. The zero-order chi connectivity index (χ0) is 22.5. The highest BCUT2D eigenvalue weighted by Crippen LogP contribution is 2.26. The number of rotatable bonds is 7. The molecule has 0 aliphatic carbocycles. The third-order valence-corrected chi connectivity index (χ3v) is 6.45. The standard InChI is InChI=1S/C24H31N5O3/c1-18-6-2-3-7-20(18)24(32)26-21-10-13-25-29(21)19-11-16-28(17-12-19)23(31)9-5-15-27-14-4-8-22(27)30/h2-3,6-7,10,13,19H,4-5,8-9,11-12,14-17H2,1H3,(H,26,32). The van der Waals surface area contributed by atoms with Crippen LogP contribution < -0.4 is 5.32 Å². The molecule has 170 valence electrons. The third-order valence-electron chi connectivity index (χ3n) is 6.45. The molecule has 0 spiro atoms. The van der Waals surface area contributed by atoms with Crippen molar-refractivity contribution in [3.63, 3.8) is 0 Å². The van der Waals surface area contributed by atoms with Gasteiger partial charge in [-0.3, -0.25) is 14.4 Å². The first-order valence-corrected chi connectivity index (χ1v) is 11.5. The van der Waals surface area contributed by atoms with Gasteiger partial charge in [0.25, 0.3) is 5.91 Å². The lowest BCUT2D eigenvalue weighted by molar-refractivity contribution is -0.133. The number of nitrogens with one attached hydrogen (secondary N) is 1. The van der Waals surface area contributed by atoms with Gasteiger partial charge in [0.15, 0.2) is 0 Å². The van der Waals surface area contributed by atoms with Crippen molar-refractivity contribution >= 4 is 23.5 Å². The van der Waals surface area contributed by atoms with Gasteiger partial charge >= 0.3 is 0 Å². The lowest BCUT2D eigenvalue weighted by atomic mass is 10.0. The molecular formula is C24H31N5O3. The molecule has 2 fully saturated rings. The molecular weight excluding hydrogens is 406 g/mol. The zero-order valence-corrected chi connectivity index (χ0v) is 18.6. The Labute approximate surface area is 188 Å². The lowest BCUT2D eigenvalue weighted by Gasteiger charge is -2.33. The number of hydrogen-bond acceptors (Lipinski definition) is 4. The molecule has 0 radical (unpaired) electrons. The summed E-state index contributed by atoms with van der Waals surface area (Å²) in [6, 6.07) is 9.46. The minimum Gasteiger partial charge on any atom is -0.343 e. The molecule has 1 aromatic carbocycles. The van der Waals surface area contributed by atoms with Crippen LogP contribution in [0.4, 0.5) is 5.82 Å². The largest absolute Gasteiger partial charge is 0.343 e. The van der Waals surface area contributed by atoms with Crippen LogP contribution in [0.15, 0.2) is 36.5 Å². The highest BCUT2D eigenvalue weighted by atomic mass is 16.2. The van der Waals surface area contributed by atoms with Crippen LogP contribution in [0.3, 0.4) is 0 Å².